The molecule has 66 valence electrons. The van der Waals surface area contributed by atoms with Crippen molar-refractivity contribution in [1.82, 2.24) is 0 Å². The summed E-state index contributed by atoms with van der Waals surface area (Å²) >= 11 is 0. The second-order valence-electron chi connectivity index (χ2n) is 4.56. The molecule has 1 fully saturated rings. The zero-order valence-electron chi connectivity index (χ0n) is 7.59. The average molecular weight is 159 g/mol. The first-order chi connectivity index (χ1) is 4.85. The molecule has 0 unspecified atom stereocenters. The van der Waals surface area contributed by atoms with E-state index in [0.717, 1.165) is 0 Å². The second-order valence-corrected chi connectivity index (χ2v) is 4.56. The highest BCUT2D eigenvalue weighted by molar-refractivity contribution is 5.10. The van der Waals surface area contributed by atoms with Crippen LogP contribution in [0.1, 0.15) is 27.7 Å². The Kier molecular flexibility index (Phi) is 1.78. The molecular weight excluding hydrogens is 142 g/mol. The molecule has 0 radical (unpaired) electrons. The Morgan fingerprint density at radius 2 is 1.55 bits per heavy atom. The van der Waals surface area contributed by atoms with E-state index < -0.39 is 0 Å². The number of hydrogen-bond acceptors (Lipinski definition) is 3. The fourth-order valence-corrected chi connectivity index (χ4v) is 2.46. The molecular formula is C8H17NO2. The lowest BCUT2D eigenvalue weighted by Crippen LogP contribution is -2.68. The van der Waals surface area contributed by atoms with Gasteiger partial charge in [-0.3, -0.25) is 4.84 Å². The molecule has 0 aliphatic heterocycles. The molecule has 0 atom stereocenters. The number of aliphatic hydroxyl groups is 1. The highest BCUT2D eigenvalue weighted by Gasteiger charge is 2.62. The van der Waals surface area contributed by atoms with Gasteiger partial charge in [0.15, 0.2) is 0 Å². The molecule has 3 N–H and O–H groups in total. The molecule has 0 amide bonds. The predicted octanol–water partition coefficient (Wildman–Crippen LogP) is 0.672. The molecule has 1 aliphatic carbocycles. The van der Waals surface area contributed by atoms with Gasteiger partial charge in [0.25, 0.3) is 0 Å². The topological polar surface area (TPSA) is 55.5 Å². The Hall–Kier alpha value is -0.120. The van der Waals surface area contributed by atoms with Crippen LogP contribution in [0.4, 0.5) is 0 Å². The summed E-state index contributed by atoms with van der Waals surface area (Å²) in [5, 5.41) is 9.67. The number of nitrogens with two attached hydrogens (primary N) is 1. The van der Waals surface area contributed by atoms with Crippen LogP contribution < -0.4 is 5.90 Å². The van der Waals surface area contributed by atoms with E-state index in [4.69, 9.17) is 10.7 Å². The standard InChI is InChI=1S/C8H17NO2/c1-7(2)5(10)8(3,4)6(7)11-9/h5-6,10H,9H2,1-4H3. The molecule has 3 heteroatoms. The molecule has 11 heavy (non-hydrogen) atoms. The van der Waals surface area contributed by atoms with Crippen molar-refractivity contribution in [1.29, 1.82) is 0 Å². The fourth-order valence-electron chi connectivity index (χ4n) is 2.46. The summed E-state index contributed by atoms with van der Waals surface area (Å²) in [6.45, 7) is 7.84. The van der Waals surface area contributed by atoms with Gasteiger partial charge in [0.1, 0.15) is 0 Å². The highest BCUT2D eigenvalue weighted by atomic mass is 16.6. The molecule has 1 rings (SSSR count). The van der Waals surface area contributed by atoms with Gasteiger partial charge in [-0.2, -0.15) is 0 Å². The van der Waals surface area contributed by atoms with E-state index >= 15 is 0 Å². The molecule has 0 aromatic carbocycles. The lowest BCUT2D eigenvalue weighted by molar-refractivity contribution is -0.268. The van der Waals surface area contributed by atoms with Gasteiger partial charge in [0.05, 0.1) is 12.2 Å². The smallest absolute Gasteiger partial charge is 0.0938 e. The van der Waals surface area contributed by atoms with Crippen molar-refractivity contribution < 1.29 is 9.94 Å². The van der Waals surface area contributed by atoms with Crippen LogP contribution in [-0.4, -0.2) is 17.3 Å². The molecule has 1 saturated carbocycles. The van der Waals surface area contributed by atoms with Crippen molar-refractivity contribution in [3.8, 4) is 0 Å². The second kappa shape index (κ2) is 2.19. The molecule has 0 saturated heterocycles. The third-order valence-corrected chi connectivity index (χ3v) is 2.90. The molecule has 0 bridgehead atoms. The number of rotatable bonds is 1. The SMILES string of the molecule is CC1(C)C(O)C(C)(C)C1ON. The van der Waals surface area contributed by atoms with Gasteiger partial charge < -0.3 is 5.11 Å². The molecule has 0 aromatic rings. The van der Waals surface area contributed by atoms with Crippen LogP contribution in [0.15, 0.2) is 0 Å². The normalized spacial score (nSPS) is 39.8. The number of hydrogen-bond donors (Lipinski definition) is 2. The maximum atomic E-state index is 9.67. The van der Waals surface area contributed by atoms with Crippen LogP contribution in [-0.2, 0) is 4.84 Å². The summed E-state index contributed by atoms with van der Waals surface area (Å²) < 4.78 is 0. The summed E-state index contributed by atoms with van der Waals surface area (Å²) in [5.74, 6) is 5.14. The first-order valence-electron chi connectivity index (χ1n) is 3.88. The summed E-state index contributed by atoms with van der Waals surface area (Å²) in [6.07, 6.45) is -0.381. The minimum absolute atomic E-state index is 0.0509. The average Bonchev–Trinajstić information content (AvgIpc) is 1.86. The van der Waals surface area contributed by atoms with Gasteiger partial charge in [0, 0.05) is 10.8 Å². The molecule has 0 heterocycles. The Morgan fingerprint density at radius 3 is 1.73 bits per heavy atom. The van der Waals surface area contributed by atoms with Crippen molar-refractivity contribution in [2.24, 2.45) is 16.7 Å². The minimum atomic E-state index is -0.330. The summed E-state index contributed by atoms with van der Waals surface area (Å²) in [4.78, 5) is 4.83. The number of aliphatic hydroxyl groups excluding tert-OH is 1. The van der Waals surface area contributed by atoms with Gasteiger partial charge in [-0.1, -0.05) is 27.7 Å². The monoisotopic (exact) mass is 159 g/mol. The largest absolute Gasteiger partial charge is 0.392 e. The van der Waals surface area contributed by atoms with E-state index in [0.29, 0.717) is 0 Å². The lowest BCUT2D eigenvalue weighted by Gasteiger charge is -2.60. The van der Waals surface area contributed by atoms with E-state index in [1.807, 2.05) is 27.7 Å². The van der Waals surface area contributed by atoms with Crippen LogP contribution in [0.2, 0.25) is 0 Å². The van der Waals surface area contributed by atoms with Crippen molar-refractivity contribution in [3.63, 3.8) is 0 Å². The van der Waals surface area contributed by atoms with Crippen molar-refractivity contribution in [3.05, 3.63) is 0 Å². The highest BCUT2D eigenvalue weighted by Crippen LogP contribution is 2.54. The van der Waals surface area contributed by atoms with Gasteiger partial charge in [-0.15, -0.1) is 0 Å². The third kappa shape index (κ3) is 0.916. The Morgan fingerprint density at radius 1 is 1.18 bits per heavy atom. The maximum Gasteiger partial charge on any atom is 0.0938 e. The van der Waals surface area contributed by atoms with E-state index in [2.05, 4.69) is 0 Å². The Bertz CT molecular complexity index is 149. The Balaban J connectivity index is 2.79. The van der Waals surface area contributed by atoms with Crippen LogP contribution in [0, 0.1) is 10.8 Å². The predicted molar refractivity (Wildman–Crippen MR) is 42.6 cm³/mol. The van der Waals surface area contributed by atoms with Gasteiger partial charge in [-0.25, -0.2) is 5.90 Å². The summed E-state index contributed by atoms with van der Waals surface area (Å²) in [7, 11) is 0. The molecule has 1 aliphatic rings. The zero-order chi connectivity index (χ0) is 8.86. The Labute approximate surface area is 67.5 Å². The van der Waals surface area contributed by atoms with E-state index in [9.17, 15) is 5.11 Å². The third-order valence-electron chi connectivity index (χ3n) is 2.90. The van der Waals surface area contributed by atoms with E-state index in [1.54, 1.807) is 0 Å². The maximum absolute atomic E-state index is 9.67. The summed E-state index contributed by atoms with van der Waals surface area (Å²) in [5.41, 5.74) is -0.420. The molecule has 3 nitrogen and oxygen atoms in total. The van der Waals surface area contributed by atoms with Crippen LogP contribution in [0.5, 0.6) is 0 Å². The van der Waals surface area contributed by atoms with Crippen molar-refractivity contribution in [2.45, 2.75) is 39.9 Å². The lowest BCUT2D eigenvalue weighted by atomic mass is 9.51. The van der Waals surface area contributed by atoms with Crippen LogP contribution in [0.25, 0.3) is 0 Å². The van der Waals surface area contributed by atoms with E-state index in [-0.39, 0.29) is 23.0 Å². The van der Waals surface area contributed by atoms with Crippen LogP contribution >= 0.6 is 0 Å². The molecule has 0 aromatic heterocycles. The summed E-state index contributed by atoms with van der Waals surface area (Å²) in [6, 6.07) is 0. The first kappa shape index (κ1) is 8.97. The molecule has 0 spiro atoms. The van der Waals surface area contributed by atoms with Gasteiger partial charge >= 0.3 is 0 Å². The van der Waals surface area contributed by atoms with Crippen molar-refractivity contribution >= 4 is 0 Å². The first-order valence-corrected chi connectivity index (χ1v) is 3.88. The van der Waals surface area contributed by atoms with Crippen LogP contribution in [0.3, 0.4) is 0 Å². The minimum Gasteiger partial charge on any atom is -0.392 e. The fraction of sp³-hybridized carbons (Fsp3) is 1.00. The van der Waals surface area contributed by atoms with E-state index in [1.165, 1.54) is 0 Å². The van der Waals surface area contributed by atoms with Gasteiger partial charge in [0.2, 0.25) is 0 Å². The van der Waals surface area contributed by atoms with Crippen molar-refractivity contribution in [2.75, 3.05) is 0 Å². The quantitative estimate of drug-likeness (QED) is 0.553. The zero-order valence-corrected chi connectivity index (χ0v) is 7.59. The van der Waals surface area contributed by atoms with Gasteiger partial charge in [-0.05, 0) is 0 Å².